The van der Waals surface area contributed by atoms with Crippen LogP contribution in [0.25, 0.3) is 0 Å². The molecule has 0 saturated carbocycles. The molecule has 0 bridgehead atoms. The number of allylic oxidation sites excluding steroid dienone is 6. The fourth-order valence-electron chi connectivity index (χ4n) is 2.89. The maximum absolute atomic E-state index is 10.9. The number of quaternary nitrogens is 1. The Balaban J connectivity index is 0.000000357. The van der Waals surface area contributed by atoms with E-state index in [-0.39, 0.29) is 70.9 Å². The molecule has 3 N–H and O–H groups in total. The summed E-state index contributed by atoms with van der Waals surface area (Å²) in [4.78, 5) is 50.6. The monoisotopic (exact) mass is 691 g/mol. The van der Waals surface area contributed by atoms with Crippen LogP contribution < -0.4 is 24.5 Å². The van der Waals surface area contributed by atoms with Crippen LogP contribution in [0.3, 0.4) is 0 Å². The van der Waals surface area contributed by atoms with Gasteiger partial charge in [-0.05, 0) is 45.1 Å². The Morgan fingerprint density at radius 1 is 0.727 bits per heavy atom. The topological polar surface area (TPSA) is 243 Å². The molecule has 0 unspecified atom stereocenters. The Morgan fingerprint density at radius 3 is 1.34 bits per heavy atom. The smallest absolute Gasteiger partial charge is 0.319 e. The van der Waals surface area contributed by atoms with Crippen LogP contribution in [0.1, 0.15) is 20.8 Å². The summed E-state index contributed by atoms with van der Waals surface area (Å²) in [5, 5.41) is 53.9. The number of aliphatic hydroxyl groups is 2. The molecule has 2 aliphatic rings. The van der Waals surface area contributed by atoms with Gasteiger partial charge in [-0.15, -0.1) is 0 Å². The third-order valence-corrected chi connectivity index (χ3v) is 6.87. The van der Waals surface area contributed by atoms with E-state index in [0.29, 0.717) is 0 Å². The van der Waals surface area contributed by atoms with Gasteiger partial charge in [0.05, 0.1) is 29.5 Å². The number of nitrogens with one attached hydrogen (secondary N) is 1. The van der Waals surface area contributed by atoms with E-state index in [1.807, 2.05) is 0 Å². The van der Waals surface area contributed by atoms with E-state index >= 15 is 0 Å². The van der Waals surface area contributed by atoms with Crippen molar-refractivity contribution in [2.24, 2.45) is 20.4 Å². The van der Waals surface area contributed by atoms with Gasteiger partial charge >= 0.3 is 10.0 Å². The quantitative estimate of drug-likeness (QED) is 0.210. The zero-order valence-electron chi connectivity index (χ0n) is 23.3. The number of thiazole rings is 2. The second kappa shape index (κ2) is 18.8. The fraction of sp³-hybridized carbons (Fsp3) is 0.250. The molecule has 0 atom stereocenters. The molecule has 2 heterocycles. The molecule has 0 amide bonds. The standard InChI is InChI=1S/2C9H6N4O4S.C6H15N.Co/c2*14-5-1-2-6(7(15)3-5)11-12-9-10-4-8(18-9)13(16)17;1-4-7(5-2)6-3;/h2*1-4H,(H2,10,12,14,15);4-6H2,1-3H3;/p-1. The molecule has 17 nitrogen and oxygen atoms in total. The molecule has 0 spiro atoms. The van der Waals surface area contributed by atoms with Gasteiger partial charge in [-0.25, -0.2) is 0 Å². The number of hydrogen-bond donors (Lipinski definition) is 3. The van der Waals surface area contributed by atoms with Gasteiger partial charge in [0, 0.05) is 50.9 Å². The number of aliphatic hydroxyl groups excluding tert-OH is 2. The third-order valence-electron chi connectivity index (χ3n) is 5.20. The maximum Gasteiger partial charge on any atom is 0.319 e. The summed E-state index contributed by atoms with van der Waals surface area (Å²) < 4.78 is 0. The summed E-state index contributed by atoms with van der Waals surface area (Å²) in [6, 6.07) is 0. The van der Waals surface area contributed by atoms with E-state index in [1.54, 1.807) is 4.90 Å². The molecular weight excluding hydrogens is 665 g/mol. The summed E-state index contributed by atoms with van der Waals surface area (Å²) in [7, 11) is 0. The van der Waals surface area contributed by atoms with Gasteiger partial charge in [0.2, 0.25) is 0 Å². The Bertz CT molecular complexity index is 1550. The van der Waals surface area contributed by atoms with Crippen molar-refractivity contribution in [1.82, 2.24) is 9.97 Å². The van der Waals surface area contributed by atoms with E-state index in [2.05, 4.69) is 51.1 Å². The average molecular weight is 692 g/mol. The minimum absolute atomic E-state index is 0. The predicted molar refractivity (Wildman–Crippen MR) is 157 cm³/mol. The number of ketones is 2. The van der Waals surface area contributed by atoms with Crippen molar-refractivity contribution < 1.29 is 51.3 Å². The zero-order valence-corrected chi connectivity index (χ0v) is 26.0. The van der Waals surface area contributed by atoms with Crippen LogP contribution in [-0.2, 0) is 26.4 Å². The molecule has 237 valence electrons. The fourth-order valence-corrected chi connectivity index (χ4v) is 4.00. The van der Waals surface area contributed by atoms with Crippen molar-refractivity contribution >= 4 is 55.7 Å². The Hall–Kier alpha value is -4.63. The molecule has 0 saturated heterocycles. The SMILES string of the molecule is CC[NH+](CC)CC.O=C1C=C/C(=N\N=c2/[n-]cc([N+](=O)[O-])s2)C(O)=C1.O=C1C=C/C(=N\N=c2/[n-]cc([N+](=O)[O-])s2)C(O)=C1.[Co]. The first-order valence-corrected chi connectivity index (χ1v) is 14.0. The van der Waals surface area contributed by atoms with E-state index in [4.69, 9.17) is 0 Å². The van der Waals surface area contributed by atoms with Crippen LogP contribution in [0, 0.1) is 20.2 Å². The number of carbonyl (C=O) groups is 2. The summed E-state index contributed by atoms with van der Waals surface area (Å²) in [5.74, 6) is -1.32. The van der Waals surface area contributed by atoms with Gasteiger partial charge in [0.1, 0.15) is 22.9 Å². The van der Waals surface area contributed by atoms with Crippen molar-refractivity contribution in [2.75, 3.05) is 19.6 Å². The minimum Gasteiger partial charge on any atom is -0.506 e. The Labute approximate surface area is 267 Å². The second-order valence-corrected chi connectivity index (χ2v) is 9.96. The average Bonchev–Trinajstić information content (AvgIpc) is 3.64. The van der Waals surface area contributed by atoms with Crippen LogP contribution in [-0.4, -0.2) is 62.7 Å². The number of carbonyl (C=O) groups excluding carboxylic acids is 2. The largest absolute Gasteiger partial charge is 0.506 e. The third kappa shape index (κ3) is 12.3. The molecule has 0 fully saturated rings. The number of rotatable bonds is 7. The molecule has 44 heavy (non-hydrogen) atoms. The maximum atomic E-state index is 10.9. The molecular formula is C24H26CoN9O8S2-. The first kappa shape index (κ1) is 37.4. The summed E-state index contributed by atoms with van der Waals surface area (Å²) in [5.41, 5.74) is 0.180. The van der Waals surface area contributed by atoms with Crippen molar-refractivity contribution in [3.05, 3.63) is 90.2 Å². The molecule has 0 aromatic carbocycles. The molecule has 4 rings (SSSR count). The molecule has 2 aromatic heterocycles. The van der Waals surface area contributed by atoms with Crippen LogP contribution >= 0.6 is 22.7 Å². The van der Waals surface area contributed by atoms with Crippen LogP contribution in [0.2, 0.25) is 0 Å². The summed E-state index contributed by atoms with van der Waals surface area (Å²) in [6.07, 6.45) is 9.17. The van der Waals surface area contributed by atoms with Crippen molar-refractivity contribution in [1.29, 1.82) is 0 Å². The first-order chi connectivity index (χ1) is 20.5. The number of aromatic nitrogens is 2. The molecule has 1 radical (unpaired) electrons. The molecule has 0 aliphatic heterocycles. The molecule has 2 aromatic rings. The Morgan fingerprint density at radius 2 is 1.09 bits per heavy atom. The van der Waals surface area contributed by atoms with Crippen LogP contribution in [0.4, 0.5) is 10.0 Å². The first-order valence-electron chi connectivity index (χ1n) is 12.3. The van der Waals surface area contributed by atoms with Gasteiger partial charge in [-0.1, -0.05) is 22.7 Å². The van der Waals surface area contributed by atoms with Crippen LogP contribution in [0.15, 0.2) is 80.8 Å². The van der Waals surface area contributed by atoms with Crippen LogP contribution in [0.5, 0.6) is 0 Å². The van der Waals surface area contributed by atoms with Gasteiger partial charge in [0.15, 0.2) is 11.6 Å². The second-order valence-electron chi connectivity index (χ2n) is 7.99. The van der Waals surface area contributed by atoms with Gasteiger partial charge in [0.25, 0.3) is 0 Å². The number of nitrogens with zero attached hydrogens (tertiary/aromatic N) is 8. The van der Waals surface area contributed by atoms with Crippen molar-refractivity contribution in [3.8, 4) is 0 Å². The number of nitro groups is 2. The van der Waals surface area contributed by atoms with Gasteiger partial charge in [-0.2, -0.15) is 0 Å². The zero-order chi connectivity index (χ0) is 31.9. The summed E-state index contributed by atoms with van der Waals surface area (Å²) in [6.45, 7) is 10.5. The van der Waals surface area contributed by atoms with E-state index in [1.165, 1.54) is 43.9 Å². The summed E-state index contributed by atoms with van der Waals surface area (Å²) >= 11 is 1.51. The van der Waals surface area contributed by atoms with Crippen molar-refractivity contribution in [2.45, 2.75) is 20.8 Å². The Kier molecular flexibility index (Phi) is 16.0. The molecule has 2 aliphatic carbocycles. The van der Waals surface area contributed by atoms with E-state index in [9.17, 15) is 40.0 Å². The van der Waals surface area contributed by atoms with Gasteiger partial charge in [-0.3, -0.25) is 40.0 Å². The normalized spacial score (nSPS) is 16.5. The van der Waals surface area contributed by atoms with E-state index < -0.39 is 9.85 Å². The van der Waals surface area contributed by atoms with Gasteiger partial charge < -0.3 is 35.3 Å². The van der Waals surface area contributed by atoms with E-state index in [0.717, 1.165) is 47.2 Å². The molecule has 20 heteroatoms. The number of hydrogen-bond acceptors (Lipinski definition) is 14. The minimum atomic E-state index is -0.583. The van der Waals surface area contributed by atoms with Crippen molar-refractivity contribution in [3.63, 3.8) is 0 Å². The predicted octanol–water partition coefficient (Wildman–Crippen LogP) is 0.831.